The van der Waals surface area contributed by atoms with Crippen molar-refractivity contribution in [3.8, 4) is 0 Å². The van der Waals surface area contributed by atoms with Crippen molar-refractivity contribution < 1.29 is 4.79 Å². The number of fused-ring (bicyclic) bond motifs is 1. The number of aromatic nitrogens is 2. The van der Waals surface area contributed by atoms with Crippen LogP contribution in [0.25, 0.3) is 5.65 Å². The van der Waals surface area contributed by atoms with Crippen molar-refractivity contribution in [1.29, 1.82) is 0 Å². The Morgan fingerprint density at radius 1 is 1.32 bits per heavy atom. The predicted octanol–water partition coefficient (Wildman–Crippen LogP) is 3.18. The van der Waals surface area contributed by atoms with E-state index in [0.717, 1.165) is 25.7 Å². The normalized spacial score (nSPS) is 15.9. The summed E-state index contributed by atoms with van der Waals surface area (Å²) in [6.45, 7) is 1.73. The third-order valence-corrected chi connectivity index (χ3v) is 4.42. The zero-order valence-electron chi connectivity index (χ0n) is 12.4. The zero-order chi connectivity index (χ0) is 15.7. The smallest absolute Gasteiger partial charge is 0.281 e. The van der Waals surface area contributed by atoms with Crippen LogP contribution in [-0.4, -0.2) is 15.3 Å². The summed E-state index contributed by atoms with van der Waals surface area (Å²) in [6, 6.07) is 3.37. The number of anilines is 1. The van der Waals surface area contributed by atoms with Crippen LogP contribution in [-0.2, 0) is 4.79 Å². The lowest BCUT2D eigenvalue weighted by Gasteiger charge is -2.21. The molecule has 1 aliphatic carbocycles. The first-order valence-electron chi connectivity index (χ1n) is 7.55. The van der Waals surface area contributed by atoms with Crippen molar-refractivity contribution in [3.05, 3.63) is 39.4 Å². The maximum absolute atomic E-state index is 12.6. The van der Waals surface area contributed by atoms with E-state index in [1.54, 1.807) is 19.1 Å². The quantitative estimate of drug-likeness (QED) is 0.924. The minimum absolute atomic E-state index is 0.00684. The molecule has 0 aliphatic heterocycles. The zero-order valence-corrected chi connectivity index (χ0v) is 13.2. The SMILES string of the molecule is Cc1nc2ccc(Cl)cn2c(=O)c1NC(=O)C1CCCCC1. The molecule has 5 nitrogen and oxygen atoms in total. The van der Waals surface area contributed by atoms with E-state index >= 15 is 0 Å². The van der Waals surface area contributed by atoms with Crippen LogP contribution in [0.4, 0.5) is 5.69 Å². The van der Waals surface area contributed by atoms with Gasteiger partial charge in [-0.1, -0.05) is 30.9 Å². The van der Waals surface area contributed by atoms with E-state index in [4.69, 9.17) is 11.6 Å². The monoisotopic (exact) mass is 319 g/mol. The summed E-state index contributed by atoms with van der Waals surface area (Å²) in [7, 11) is 0. The van der Waals surface area contributed by atoms with Gasteiger partial charge in [-0.25, -0.2) is 4.98 Å². The van der Waals surface area contributed by atoms with Gasteiger partial charge in [-0.2, -0.15) is 0 Å². The fourth-order valence-corrected chi connectivity index (χ4v) is 3.12. The van der Waals surface area contributed by atoms with E-state index in [1.165, 1.54) is 17.0 Å². The van der Waals surface area contributed by atoms with Crippen LogP contribution < -0.4 is 10.9 Å². The van der Waals surface area contributed by atoms with Crippen LogP contribution in [0.5, 0.6) is 0 Å². The summed E-state index contributed by atoms with van der Waals surface area (Å²) in [6.07, 6.45) is 6.62. The van der Waals surface area contributed by atoms with Crippen LogP contribution in [0.3, 0.4) is 0 Å². The number of hydrogen-bond donors (Lipinski definition) is 1. The van der Waals surface area contributed by atoms with Crippen LogP contribution >= 0.6 is 11.6 Å². The number of rotatable bonds is 2. The molecule has 0 radical (unpaired) electrons. The molecule has 2 heterocycles. The molecule has 2 aromatic rings. The van der Waals surface area contributed by atoms with Gasteiger partial charge in [0.1, 0.15) is 11.3 Å². The summed E-state index contributed by atoms with van der Waals surface area (Å²) in [5.41, 5.74) is 0.989. The maximum Gasteiger partial charge on any atom is 0.281 e. The molecule has 2 aromatic heterocycles. The van der Waals surface area contributed by atoms with Crippen molar-refractivity contribution in [2.24, 2.45) is 5.92 Å². The molecule has 22 heavy (non-hydrogen) atoms. The highest BCUT2D eigenvalue weighted by molar-refractivity contribution is 6.30. The Morgan fingerprint density at radius 2 is 2.05 bits per heavy atom. The molecular formula is C16H18ClN3O2. The van der Waals surface area contributed by atoms with E-state index in [9.17, 15) is 9.59 Å². The molecule has 1 amide bonds. The minimum atomic E-state index is -0.297. The van der Waals surface area contributed by atoms with E-state index in [-0.39, 0.29) is 23.1 Å². The van der Waals surface area contributed by atoms with Gasteiger partial charge in [0.15, 0.2) is 0 Å². The second kappa shape index (κ2) is 6.08. The summed E-state index contributed by atoms with van der Waals surface area (Å²) < 4.78 is 1.37. The molecule has 1 saturated carbocycles. The first-order valence-corrected chi connectivity index (χ1v) is 7.93. The topological polar surface area (TPSA) is 63.5 Å². The van der Waals surface area contributed by atoms with Gasteiger partial charge in [-0.15, -0.1) is 0 Å². The minimum Gasteiger partial charge on any atom is -0.320 e. The second-order valence-electron chi connectivity index (χ2n) is 5.78. The number of aryl methyl sites for hydroxylation is 1. The number of nitrogens with one attached hydrogen (secondary N) is 1. The van der Waals surface area contributed by atoms with Gasteiger partial charge in [0.05, 0.1) is 10.7 Å². The van der Waals surface area contributed by atoms with Crippen molar-refractivity contribution in [2.75, 3.05) is 5.32 Å². The predicted molar refractivity (Wildman–Crippen MR) is 86.4 cm³/mol. The number of hydrogen-bond acceptors (Lipinski definition) is 3. The highest BCUT2D eigenvalue weighted by atomic mass is 35.5. The van der Waals surface area contributed by atoms with Crippen LogP contribution in [0, 0.1) is 12.8 Å². The average Bonchev–Trinajstić information content (AvgIpc) is 2.53. The Morgan fingerprint density at radius 3 is 2.77 bits per heavy atom. The Bertz CT molecular complexity index is 779. The van der Waals surface area contributed by atoms with Crippen molar-refractivity contribution in [2.45, 2.75) is 39.0 Å². The number of carbonyl (C=O) groups excluding carboxylic acids is 1. The number of pyridine rings is 1. The number of halogens is 1. The lowest BCUT2D eigenvalue weighted by Crippen LogP contribution is -2.30. The van der Waals surface area contributed by atoms with Crippen molar-refractivity contribution in [3.63, 3.8) is 0 Å². The van der Waals surface area contributed by atoms with Crippen LogP contribution in [0.2, 0.25) is 5.02 Å². The molecule has 6 heteroatoms. The van der Waals surface area contributed by atoms with Crippen molar-refractivity contribution >= 4 is 28.8 Å². The summed E-state index contributed by atoms with van der Waals surface area (Å²) in [5.74, 6) is -0.0868. The Balaban J connectivity index is 1.96. The first-order chi connectivity index (χ1) is 10.6. The Hall–Kier alpha value is -1.88. The van der Waals surface area contributed by atoms with Gasteiger partial charge in [0.2, 0.25) is 5.91 Å². The lowest BCUT2D eigenvalue weighted by molar-refractivity contribution is -0.120. The molecule has 1 aliphatic rings. The van der Waals surface area contributed by atoms with Gasteiger partial charge in [-0.3, -0.25) is 14.0 Å². The molecule has 1 fully saturated rings. The van der Waals surface area contributed by atoms with Gasteiger partial charge in [0.25, 0.3) is 5.56 Å². The average molecular weight is 320 g/mol. The molecule has 116 valence electrons. The highest BCUT2D eigenvalue weighted by Gasteiger charge is 2.23. The maximum atomic E-state index is 12.6. The summed E-state index contributed by atoms with van der Waals surface area (Å²) in [5, 5.41) is 3.23. The van der Waals surface area contributed by atoms with E-state index < -0.39 is 0 Å². The largest absolute Gasteiger partial charge is 0.320 e. The number of nitrogens with zero attached hydrogens (tertiary/aromatic N) is 2. The van der Waals surface area contributed by atoms with Gasteiger partial charge >= 0.3 is 0 Å². The molecule has 1 N–H and O–H groups in total. The molecule has 0 atom stereocenters. The number of amides is 1. The summed E-state index contributed by atoms with van der Waals surface area (Å²) in [4.78, 5) is 29.3. The molecule has 0 spiro atoms. The third-order valence-electron chi connectivity index (χ3n) is 4.19. The van der Waals surface area contributed by atoms with Gasteiger partial charge in [0, 0.05) is 12.1 Å². The molecule has 0 saturated heterocycles. The van der Waals surface area contributed by atoms with Gasteiger partial charge in [-0.05, 0) is 31.9 Å². The molecule has 3 rings (SSSR count). The second-order valence-corrected chi connectivity index (χ2v) is 6.21. The van der Waals surface area contributed by atoms with Gasteiger partial charge < -0.3 is 5.32 Å². The van der Waals surface area contributed by atoms with Crippen LogP contribution in [0.1, 0.15) is 37.8 Å². The fourth-order valence-electron chi connectivity index (χ4n) is 2.96. The van der Waals surface area contributed by atoms with E-state index in [2.05, 4.69) is 10.3 Å². The first kappa shape index (κ1) is 15.0. The standard InChI is InChI=1S/C16H18ClN3O2/c1-10-14(19-15(21)11-5-3-2-4-6-11)16(22)20-9-12(17)7-8-13(20)18-10/h7-9,11H,2-6H2,1H3,(H,19,21). The third kappa shape index (κ3) is 2.86. The van der Waals surface area contributed by atoms with Crippen molar-refractivity contribution in [1.82, 2.24) is 9.38 Å². The van der Waals surface area contributed by atoms with Crippen LogP contribution in [0.15, 0.2) is 23.1 Å². The highest BCUT2D eigenvalue weighted by Crippen LogP contribution is 2.25. The lowest BCUT2D eigenvalue weighted by atomic mass is 9.88. The molecular weight excluding hydrogens is 302 g/mol. The Labute approximate surface area is 133 Å². The molecule has 0 unspecified atom stereocenters. The summed E-state index contributed by atoms with van der Waals surface area (Å²) >= 11 is 5.94. The molecule has 0 bridgehead atoms. The fraction of sp³-hybridized carbons (Fsp3) is 0.438. The molecule has 0 aromatic carbocycles. The number of carbonyl (C=O) groups is 1. The van der Waals surface area contributed by atoms with E-state index in [0.29, 0.717) is 16.4 Å². The Kier molecular flexibility index (Phi) is 4.16. The van der Waals surface area contributed by atoms with E-state index in [1.807, 2.05) is 0 Å².